The van der Waals surface area contributed by atoms with Crippen LogP contribution in [0.2, 0.25) is 0 Å². The normalized spacial score (nSPS) is 12.0. The second-order valence-corrected chi connectivity index (χ2v) is 6.29. The molecule has 17 heavy (non-hydrogen) atoms. The summed E-state index contributed by atoms with van der Waals surface area (Å²) in [5.74, 6) is 0.818. The molecule has 92 valence electrons. The second-order valence-electron chi connectivity index (χ2n) is 6.29. The van der Waals surface area contributed by atoms with Gasteiger partial charge >= 0.3 is 0 Å². The number of hydrogen-bond donors (Lipinski definition) is 1. The number of rotatable bonds is 3. The van der Waals surface area contributed by atoms with Crippen molar-refractivity contribution < 1.29 is 0 Å². The molecule has 0 aromatic carbocycles. The lowest BCUT2D eigenvalue weighted by molar-refractivity contribution is 0.302. The Morgan fingerprint density at radius 3 is 2.29 bits per heavy atom. The van der Waals surface area contributed by atoms with Crippen LogP contribution in [0.4, 0.5) is 5.82 Å². The van der Waals surface area contributed by atoms with Crippen LogP contribution in [-0.4, -0.2) is 10.5 Å². The maximum absolute atomic E-state index is 8.70. The lowest BCUT2D eigenvalue weighted by atomic mass is 9.82. The fourth-order valence-electron chi connectivity index (χ4n) is 2.25. The summed E-state index contributed by atoms with van der Waals surface area (Å²) in [6.07, 6.45) is 2.64. The van der Waals surface area contributed by atoms with Crippen molar-refractivity contribution in [3.05, 3.63) is 23.9 Å². The van der Waals surface area contributed by atoms with E-state index in [2.05, 4.69) is 51.0 Å². The van der Waals surface area contributed by atoms with Gasteiger partial charge in [0.1, 0.15) is 11.9 Å². The Balaban J connectivity index is 2.73. The number of aromatic nitrogens is 1. The first-order valence-corrected chi connectivity index (χ1v) is 5.86. The Bertz CT molecular complexity index is 405. The van der Waals surface area contributed by atoms with Gasteiger partial charge in [-0.05, 0) is 37.8 Å². The zero-order valence-electron chi connectivity index (χ0n) is 11.3. The van der Waals surface area contributed by atoms with Gasteiger partial charge < -0.3 is 5.32 Å². The van der Waals surface area contributed by atoms with Gasteiger partial charge in [0.25, 0.3) is 0 Å². The van der Waals surface area contributed by atoms with Crippen LogP contribution >= 0.6 is 0 Å². The molecular formula is C14H21N3. The van der Waals surface area contributed by atoms with Crippen LogP contribution in [-0.2, 0) is 0 Å². The largest absolute Gasteiger partial charge is 0.365 e. The summed E-state index contributed by atoms with van der Waals surface area (Å²) in [7, 11) is 0. The Morgan fingerprint density at radius 1 is 1.24 bits per heavy atom. The van der Waals surface area contributed by atoms with Gasteiger partial charge in [-0.2, -0.15) is 5.26 Å². The predicted octanol–water partition coefficient (Wildman–Crippen LogP) is 3.58. The van der Waals surface area contributed by atoms with Crippen molar-refractivity contribution in [1.82, 2.24) is 4.98 Å². The molecule has 0 aliphatic heterocycles. The van der Waals surface area contributed by atoms with Gasteiger partial charge in [0.2, 0.25) is 0 Å². The minimum Gasteiger partial charge on any atom is -0.365 e. The van der Waals surface area contributed by atoms with E-state index in [1.807, 2.05) is 6.07 Å². The first-order chi connectivity index (χ1) is 7.72. The molecule has 0 spiro atoms. The molecule has 0 aliphatic carbocycles. The van der Waals surface area contributed by atoms with Gasteiger partial charge in [-0.1, -0.05) is 20.8 Å². The Kier molecular flexibility index (Phi) is 3.77. The topological polar surface area (TPSA) is 48.7 Å². The Morgan fingerprint density at radius 2 is 1.88 bits per heavy atom. The monoisotopic (exact) mass is 231 g/mol. The standard InChI is InChI=1S/C14H21N3/c1-13(2,3)10-14(4,5)17-12-7-6-11(8-15)9-16-12/h6-7,9H,10H2,1-5H3,(H,16,17). The summed E-state index contributed by atoms with van der Waals surface area (Å²) in [5.41, 5.74) is 0.840. The maximum atomic E-state index is 8.70. The molecule has 3 heteroatoms. The average Bonchev–Trinajstić information content (AvgIpc) is 2.14. The smallest absolute Gasteiger partial charge is 0.126 e. The highest BCUT2D eigenvalue weighted by Gasteiger charge is 2.25. The third kappa shape index (κ3) is 4.86. The molecule has 0 saturated heterocycles. The maximum Gasteiger partial charge on any atom is 0.126 e. The first-order valence-electron chi connectivity index (χ1n) is 5.86. The van der Waals surface area contributed by atoms with Crippen molar-refractivity contribution in [2.45, 2.75) is 46.6 Å². The molecule has 0 saturated carbocycles. The molecular weight excluding hydrogens is 210 g/mol. The van der Waals surface area contributed by atoms with E-state index in [9.17, 15) is 0 Å². The van der Waals surface area contributed by atoms with Gasteiger partial charge in [0, 0.05) is 11.7 Å². The van der Waals surface area contributed by atoms with Crippen LogP contribution in [0.25, 0.3) is 0 Å². The average molecular weight is 231 g/mol. The number of nitrogens with one attached hydrogen (secondary N) is 1. The van der Waals surface area contributed by atoms with E-state index in [-0.39, 0.29) is 11.0 Å². The fourth-order valence-corrected chi connectivity index (χ4v) is 2.25. The SMILES string of the molecule is CC(C)(C)CC(C)(C)Nc1ccc(C#N)cn1. The van der Waals surface area contributed by atoms with Crippen LogP contribution in [0.15, 0.2) is 18.3 Å². The van der Waals surface area contributed by atoms with Crippen LogP contribution in [0.5, 0.6) is 0 Å². The molecule has 1 heterocycles. The van der Waals surface area contributed by atoms with E-state index >= 15 is 0 Å². The second kappa shape index (κ2) is 4.75. The lowest BCUT2D eigenvalue weighted by Gasteiger charge is -2.33. The molecule has 1 aromatic rings. The number of hydrogen-bond acceptors (Lipinski definition) is 3. The summed E-state index contributed by atoms with van der Waals surface area (Å²) in [6.45, 7) is 11.0. The van der Waals surface area contributed by atoms with Crippen LogP contribution in [0.3, 0.4) is 0 Å². The van der Waals surface area contributed by atoms with Crippen LogP contribution in [0.1, 0.15) is 46.6 Å². The minimum absolute atomic E-state index is 0.0145. The molecule has 1 N–H and O–H groups in total. The Labute approximate surface area is 104 Å². The van der Waals surface area contributed by atoms with Crippen molar-refractivity contribution in [3.63, 3.8) is 0 Å². The summed E-state index contributed by atoms with van der Waals surface area (Å²) < 4.78 is 0. The number of nitrogens with zero attached hydrogens (tertiary/aromatic N) is 2. The zero-order valence-corrected chi connectivity index (χ0v) is 11.3. The van der Waals surface area contributed by atoms with E-state index < -0.39 is 0 Å². The highest BCUT2D eigenvalue weighted by atomic mass is 15.0. The Hall–Kier alpha value is -1.56. The van der Waals surface area contributed by atoms with Gasteiger partial charge in [-0.3, -0.25) is 0 Å². The minimum atomic E-state index is -0.0145. The summed E-state index contributed by atoms with van der Waals surface area (Å²) >= 11 is 0. The van der Waals surface area contributed by atoms with Gasteiger partial charge in [-0.15, -0.1) is 0 Å². The van der Waals surface area contributed by atoms with Crippen LogP contribution < -0.4 is 5.32 Å². The van der Waals surface area contributed by atoms with Gasteiger partial charge in [0.15, 0.2) is 0 Å². The van der Waals surface area contributed by atoms with Crippen molar-refractivity contribution in [3.8, 4) is 6.07 Å². The molecule has 0 atom stereocenters. The highest BCUT2D eigenvalue weighted by Crippen LogP contribution is 2.29. The molecule has 0 bridgehead atoms. The first kappa shape index (κ1) is 13.5. The number of nitriles is 1. The molecule has 0 unspecified atom stereocenters. The molecule has 0 radical (unpaired) electrons. The van der Waals surface area contributed by atoms with E-state index in [0.29, 0.717) is 5.56 Å². The predicted molar refractivity (Wildman–Crippen MR) is 70.7 cm³/mol. The van der Waals surface area contributed by atoms with E-state index in [1.165, 1.54) is 0 Å². The third-order valence-corrected chi connectivity index (χ3v) is 2.33. The number of anilines is 1. The third-order valence-electron chi connectivity index (χ3n) is 2.33. The number of pyridine rings is 1. The fraction of sp³-hybridized carbons (Fsp3) is 0.571. The van der Waals surface area contributed by atoms with Crippen molar-refractivity contribution in [2.75, 3.05) is 5.32 Å². The van der Waals surface area contributed by atoms with E-state index in [0.717, 1.165) is 12.2 Å². The summed E-state index contributed by atoms with van der Waals surface area (Å²) in [6, 6.07) is 5.70. The van der Waals surface area contributed by atoms with Crippen molar-refractivity contribution in [2.24, 2.45) is 5.41 Å². The highest BCUT2D eigenvalue weighted by molar-refractivity contribution is 5.40. The van der Waals surface area contributed by atoms with Crippen molar-refractivity contribution in [1.29, 1.82) is 5.26 Å². The molecule has 0 aliphatic rings. The van der Waals surface area contributed by atoms with E-state index in [1.54, 1.807) is 12.3 Å². The molecule has 3 nitrogen and oxygen atoms in total. The molecule has 0 amide bonds. The lowest BCUT2D eigenvalue weighted by Crippen LogP contribution is -2.35. The van der Waals surface area contributed by atoms with E-state index in [4.69, 9.17) is 5.26 Å². The molecule has 1 rings (SSSR count). The van der Waals surface area contributed by atoms with Crippen molar-refractivity contribution >= 4 is 5.82 Å². The summed E-state index contributed by atoms with van der Waals surface area (Å²) in [5, 5.41) is 12.1. The molecule has 0 fully saturated rings. The molecule has 1 aromatic heterocycles. The quantitative estimate of drug-likeness (QED) is 0.865. The van der Waals surface area contributed by atoms with Gasteiger partial charge in [0.05, 0.1) is 5.56 Å². The van der Waals surface area contributed by atoms with Crippen LogP contribution in [0, 0.1) is 16.7 Å². The van der Waals surface area contributed by atoms with Gasteiger partial charge in [-0.25, -0.2) is 4.98 Å². The summed E-state index contributed by atoms with van der Waals surface area (Å²) in [4.78, 5) is 4.23. The zero-order chi connectivity index (χ0) is 13.1.